The van der Waals surface area contributed by atoms with Crippen LogP contribution in [0.2, 0.25) is 0 Å². The van der Waals surface area contributed by atoms with Crippen LogP contribution in [0.1, 0.15) is 11.1 Å². The summed E-state index contributed by atoms with van der Waals surface area (Å²) in [5.74, 6) is 0. The number of rotatable bonds is 2. The molecule has 0 aliphatic carbocycles. The van der Waals surface area contributed by atoms with E-state index in [1.807, 2.05) is 36.4 Å². The van der Waals surface area contributed by atoms with Crippen molar-refractivity contribution in [3.8, 4) is 0 Å². The van der Waals surface area contributed by atoms with E-state index in [0.717, 1.165) is 20.3 Å². The SMILES string of the molecule is Brc1ncccc1/C=C/c1cccnc1Br. The van der Waals surface area contributed by atoms with Gasteiger partial charge in [0.05, 0.1) is 0 Å². The fourth-order valence-electron chi connectivity index (χ4n) is 1.23. The van der Waals surface area contributed by atoms with Gasteiger partial charge in [0.2, 0.25) is 0 Å². The maximum Gasteiger partial charge on any atom is 0.113 e. The Morgan fingerprint density at radius 3 is 1.62 bits per heavy atom. The predicted octanol–water partition coefficient (Wildman–Crippen LogP) is 4.17. The molecule has 2 heterocycles. The van der Waals surface area contributed by atoms with E-state index in [2.05, 4.69) is 41.8 Å². The lowest BCUT2D eigenvalue weighted by Crippen LogP contribution is -1.81. The van der Waals surface area contributed by atoms with E-state index in [4.69, 9.17) is 0 Å². The van der Waals surface area contributed by atoms with Crippen molar-refractivity contribution in [1.29, 1.82) is 0 Å². The quantitative estimate of drug-likeness (QED) is 0.767. The molecule has 80 valence electrons. The molecular weight excluding hydrogens is 332 g/mol. The predicted molar refractivity (Wildman–Crippen MR) is 72.8 cm³/mol. The van der Waals surface area contributed by atoms with E-state index in [1.54, 1.807) is 12.4 Å². The molecule has 0 atom stereocenters. The molecule has 0 bridgehead atoms. The van der Waals surface area contributed by atoms with Crippen LogP contribution in [-0.2, 0) is 0 Å². The molecule has 0 saturated heterocycles. The molecule has 2 aromatic rings. The van der Waals surface area contributed by atoms with Crippen LogP contribution in [-0.4, -0.2) is 9.97 Å². The molecule has 16 heavy (non-hydrogen) atoms. The number of hydrogen-bond acceptors (Lipinski definition) is 2. The van der Waals surface area contributed by atoms with Crippen molar-refractivity contribution >= 4 is 44.0 Å². The van der Waals surface area contributed by atoms with E-state index in [-0.39, 0.29) is 0 Å². The Kier molecular flexibility index (Phi) is 3.85. The van der Waals surface area contributed by atoms with Crippen molar-refractivity contribution in [2.45, 2.75) is 0 Å². The Hall–Kier alpha value is -1.00. The summed E-state index contributed by atoms with van der Waals surface area (Å²) in [7, 11) is 0. The van der Waals surface area contributed by atoms with Crippen LogP contribution < -0.4 is 0 Å². The van der Waals surface area contributed by atoms with Crippen molar-refractivity contribution < 1.29 is 0 Å². The fraction of sp³-hybridized carbons (Fsp3) is 0. The molecule has 0 aromatic carbocycles. The second-order valence-corrected chi connectivity index (χ2v) is 4.60. The number of nitrogens with zero attached hydrogens (tertiary/aromatic N) is 2. The Morgan fingerprint density at radius 1 is 0.812 bits per heavy atom. The largest absolute Gasteiger partial charge is 0.249 e. The third-order valence-corrected chi connectivity index (χ3v) is 3.34. The Morgan fingerprint density at radius 2 is 1.25 bits per heavy atom. The van der Waals surface area contributed by atoms with Gasteiger partial charge >= 0.3 is 0 Å². The van der Waals surface area contributed by atoms with Crippen LogP contribution in [0.3, 0.4) is 0 Å². The highest BCUT2D eigenvalue weighted by Gasteiger charge is 1.97. The highest BCUT2D eigenvalue weighted by molar-refractivity contribution is 9.10. The summed E-state index contributed by atoms with van der Waals surface area (Å²) in [5, 5.41) is 0. The normalized spacial score (nSPS) is 10.9. The zero-order chi connectivity index (χ0) is 11.4. The van der Waals surface area contributed by atoms with Crippen LogP contribution in [0.25, 0.3) is 12.2 Å². The Bertz CT molecular complexity index is 476. The van der Waals surface area contributed by atoms with Gasteiger partial charge in [0.15, 0.2) is 0 Å². The van der Waals surface area contributed by atoms with E-state index < -0.39 is 0 Å². The van der Waals surface area contributed by atoms with Crippen molar-refractivity contribution in [3.63, 3.8) is 0 Å². The Labute approximate surface area is 111 Å². The molecule has 2 rings (SSSR count). The molecular formula is C12H8Br2N2. The number of halogens is 2. The second-order valence-electron chi connectivity index (χ2n) is 3.10. The van der Waals surface area contributed by atoms with Crippen molar-refractivity contribution in [2.24, 2.45) is 0 Å². The van der Waals surface area contributed by atoms with Gasteiger partial charge in [0.1, 0.15) is 9.21 Å². The van der Waals surface area contributed by atoms with E-state index >= 15 is 0 Å². The molecule has 0 radical (unpaired) electrons. The molecule has 2 nitrogen and oxygen atoms in total. The first-order valence-corrected chi connectivity index (χ1v) is 6.25. The minimum Gasteiger partial charge on any atom is -0.249 e. The summed E-state index contributed by atoms with van der Waals surface area (Å²) in [5.41, 5.74) is 2.08. The molecule has 0 N–H and O–H groups in total. The summed E-state index contributed by atoms with van der Waals surface area (Å²) in [6.07, 6.45) is 7.50. The highest BCUT2D eigenvalue weighted by Crippen LogP contribution is 2.19. The topological polar surface area (TPSA) is 25.8 Å². The summed E-state index contributed by atoms with van der Waals surface area (Å²) >= 11 is 6.80. The monoisotopic (exact) mass is 338 g/mol. The summed E-state index contributed by atoms with van der Waals surface area (Å²) in [4.78, 5) is 8.30. The maximum absolute atomic E-state index is 4.15. The first kappa shape index (κ1) is 11.5. The fourth-order valence-corrected chi connectivity index (χ4v) is 1.99. The Balaban J connectivity index is 2.29. The molecule has 0 aliphatic heterocycles. The standard InChI is InChI=1S/C12H8Br2N2/c13-11-9(3-1-7-15-11)5-6-10-4-2-8-16-12(10)14/h1-8H/b6-5+. The second kappa shape index (κ2) is 5.37. The molecule has 0 spiro atoms. The van der Waals surface area contributed by atoms with Gasteiger partial charge in [0.25, 0.3) is 0 Å². The van der Waals surface area contributed by atoms with Crippen LogP contribution in [0.4, 0.5) is 0 Å². The smallest absolute Gasteiger partial charge is 0.113 e. The van der Waals surface area contributed by atoms with Crippen molar-refractivity contribution in [3.05, 3.63) is 57.0 Å². The summed E-state index contributed by atoms with van der Waals surface area (Å²) in [6, 6.07) is 7.81. The lowest BCUT2D eigenvalue weighted by Gasteiger charge is -1.98. The molecule has 0 saturated carbocycles. The first-order chi connectivity index (χ1) is 7.77. The summed E-state index contributed by atoms with van der Waals surface area (Å²) in [6.45, 7) is 0. The minimum atomic E-state index is 0.839. The highest BCUT2D eigenvalue weighted by atomic mass is 79.9. The van der Waals surface area contributed by atoms with E-state index in [0.29, 0.717) is 0 Å². The summed E-state index contributed by atoms with van der Waals surface area (Å²) < 4.78 is 1.68. The van der Waals surface area contributed by atoms with Crippen LogP contribution >= 0.6 is 31.9 Å². The molecule has 0 aliphatic rings. The lowest BCUT2D eigenvalue weighted by molar-refractivity contribution is 1.26. The molecule has 2 aromatic heterocycles. The van der Waals surface area contributed by atoms with Crippen LogP contribution in [0, 0.1) is 0 Å². The molecule has 0 amide bonds. The molecule has 0 fully saturated rings. The number of pyridine rings is 2. The average Bonchev–Trinajstić information content (AvgIpc) is 2.30. The van der Waals surface area contributed by atoms with Gasteiger partial charge in [-0.25, -0.2) is 9.97 Å². The van der Waals surface area contributed by atoms with Crippen molar-refractivity contribution in [2.75, 3.05) is 0 Å². The molecule has 0 unspecified atom stereocenters. The van der Waals surface area contributed by atoms with Crippen LogP contribution in [0.15, 0.2) is 45.9 Å². The first-order valence-electron chi connectivity index (χ1n) is 4.66. The third-order valence-electron chi connectivity index (χ3n) is 2.02. The zero-order valence-corrected chi connectivity index (χ0v) is 11.4. The minimum absolute atomic E-state index is 0.839. The lowest BCUT2D eigenvalue weighted by atomic mass is 10.2. The maximum atomic E-state index is 4.15. The van der Waals surface area contributed by atoms with Gasteiger partial charge in [-0.1, -0.05) is 24.3 Å². The number of hydrogen-bond donors (Lipinski definition) is 0. The van der Waals surface area contributed by atoms with Gasteiger partial charge in [-0.05, 0) is 44.0 Å². The van der Waals surface area contributed by atoms with Gasteiger partial charge < -0.3 is 0 Å². The van der Waals surface area contributed by atoms with Crippen molar-refractivity contribution in [1.82, 2.24) is 9.97 Å². The number of aromatic nitrogens is 2. The third kappa shape index (κ3) is 2.77. The average molecular weight is 340 g/mol. The van der Waals surface area contributed by atoms with Gasteiger partial charge in [-0.2, -0.15) is 0 Å². The molecule has 4 heteroatoms. The van der Waals surface area contributed by atoms with Gasteiger partial charge in [-0.15, -0.1) is 0 Å². The van der Waals surface area contributed by atoms with Gasteiger partial charge in [0, 0.05) is 23.5 Å². The van der Waals surface area contributed by atoms with Crippen LogP contribution in [0.5, 0.6) is 0 Å². The van der Waals surface area contributed by atoms with E-state index in [9.17, 15) is 0 Å². The van der Waals surface area contributed by atoms with Gasteiger partial charge in [-0.3, -0.25) is 0 Å². The zero-order valence-electron chi connectivity index (χ0n) is 8.27. The van der Waals surface area contributed by atoms with E-state index in [1.165, 1.54) is 0 Å².